The number of nitrogens with zero attached hydrogens (tertiary/aromatic N) is 3. The lowest BCUT2D eigenvalue weighted by molar-refractivity contribution is 0.217. The summed E-state index contributed by atoms with van der Waals surface area (Å²) in [7, 11) is 5.80. The number of hydrogen-bond donors (Lipinski definition) is 2. The molecule has 0 radical (unpaired) electrons. The third kappa shape index (κ3) is 3.72. The van der Waals surface area contributed by atoms with E-state index in [1.54, 1.807) is 22.4 Å². The van der Waals surface area contributed by atoms with E-state index >= 15 is 0 Å². The number of thiophene rings is 1. The largest absolute Gasteiger partial charge is 0.326 e. The summed E-state index contributed by atoms with van der Waals surface area (Å²) in [5.41, 5.74) is 2.79. The highest BCUT2D eigenvalue weighted by Gasteiger charge is 2.14. The van der Waals surface area contributed by atoms with Crippen molar-refractivity contribution >= 4 is 44.0 Å². The first-order chi connectivity index (χ1) is 13.5. The Morgan fingerprint density at radius 1 is 1.11 bits per heavy atom. The van der Waals surface area contributed by atoms with Gasteiger partial charge in [-0.1, -0.05) is 18.2 Å². The predicted octanol–water partition coefficient (Wildman–Crippen LogP) is 4.47. The zero-order valence-electron chi connectivity index (χ0n) is 16.2. The number of aromatic amines is 1. The summed E-state index contributed by atoms with van der Waals surface area (Å²) in [6, 6.07) is 14.4. The Morgan fingerprint density at radius 3 is 2.71 bits per heavy atom. The van der Waals surface area contributed by atoms with Gasteiger partial charge in [-0.3, -0.25) is 5.10 Å². The smallest absolute Gasteiger partial charge is 0.321 e. The van der Waals surface area contributed by atoms with Gasteiger partial charge in [0.15, 0.2) is 0 Å². The lowest BCUT2D eigenvalue weighted by Gasteiger charge is -2.20. The van der Waals surface area contributed by atoms with Crippen LogP contribution in [0, 0.1) is 0 Å². The SMILES string of the molecule is CN(C)CCN(C)C(=O)Nc1cc(-c2cc3ccccc3s2)c2[nH]ncc2c1. The second-order valence-electron chi connectivity index (χ2n) is 7.16. The number of nitrogens with one attached hydrogen (secondary N) is 2. The number of likely N-dealkylation sites (N-methyl/N-ethyl adjacent to an activating group) is 2. The average molecular weight is 394 g/mol. The molecule has 144 valence electrons. The molecule has 0 fully saturated rings. The van der Waals surface area contributed by atoms with E-state index in [2.05, 4.69) is 44.7 Å². The van der Waals surface area contributed by atoms with Crippen molar-refractivity contribution in [2.45, 2.75) is 0 Å². The number of H-pyrrole nitrogens is 1. The van der Waals surface area contributed by atoms with E-state index in [1.807, 2.05) is 39.3 Å². The number of carbonyl (C=O) groups excluding carboxylic acids is 1. The number of anilines is 1. The Kier molecular flexibility index (Phi) is 5.02. The Hall–Kier alpha value is -2.90. The Balaban J connectivity index is 1.66. The zero-order valence-corrected chi connectivity index (χ0v) is 17.0. The molecule has 6 nitrogen and oxygen atoms in total. The number of amides is 2. The molecule has 28 heavy (non-hydrogen) atoms. The molecule has 4 aromatic rings. The van der Waals surface area contributed by atoms with Crippen molar-refractivity contribution in [2.75, 3.05) is 39.5 Å². The topological polar surface area (TPSA) is 64.3 Å². The van der Waals surface area contributed by atoms with Crippen LogP contribution in [-0.4, -0.2) is 60.3 Å². The van der Waals surface area contributed by atoms with Crippen LogP contribution in [0.4, 0.5) is 10.5 Å². The molecular formula is C21H23N5OS. The van der Waals surface area contributed by atoms with Gasteiger partial charge in [-0.05, 0) is 43.7 Å². The third-order valence-electron chi connectivity index (χ3n) is 4.72. The van der Waals surface area contributed by atoms with Crippen LogP contribution in [0.15, 0.2) is 48.7 Å². The van der Waals surface area contributed by atoms with Gasteiger partial charge in [-0.2, -0.15) is 5.10 Å². The molecule has 2 aromatic carbocycles. The number of carbonyl (C=O) groups is 1. The van der Waals surface area contributed by atoms with E-state index in [0.29, 0.717) is 6.54 Å². The molecule has 2 heterocycles. The van der Waals surface area contributed by atoms with Gasteiger partial charge < -0.3 is 15.1 Å². The molecule has 4 rings (SSSR count). The first-order valence-electron chi connectivity index (χ1n) is 9.14. The van der Waals surface area contributed by atoms with Gasteiger partial charge in [-0.15, -0.1) is 11.3 Å². The summed E-state index contributed by atoms with van der Waals surface area (Å²) < 4.78 is 1.24. The van der Waals surface area contributed by atoms with E-state index in [-0.39, 0.29) is 6.03 Å². The van der Waals surface area contributed by atoms with E-state index in [1.165, 1.54) is 10.1 Å². The highest BCUT2D eigenvalue weighted by atomic mass is 32.1. The van der Waals surface area contributed by atoms with E-state index < -0.39 is 0 Å². The lowest BCUT2D eigenvalue weighted by Crippen LogP contribution is -2.36. The summed E-state index contributed by atoms with van der Waals surface area (Å²) in [5.74, 6) is 0. The van der Waals surface area contributed by atoms with Crippen LogP contribution in [-0.2, 0) is 0 Å². The summed E-state index contributed by atoms with van der Waals surface area (Å²) in [4.78, 5) is 17.5. The molecule has 2 N–H and O–H groups in total. The van der Waals surface area contributed by atoms with Crippen LogP contribution in [0.25, 0.3) is 31.4 Å². The molecule has 0 aliphatic rings. The third-order valence-corrected chi connectivity index (χ3v) is 5.87. The number of fused-ring (bicyclic) bond motifs is 2. The Labute approximate surface area is 167 Å². The van der Waals surface area contributed by atoms with Gasteiger partial charge in [0.25, 0.3) is 0 Å². The normalized spacial score (nSPS) is 11.4. The fraction of sp³-hybridized carbons (Fsp3) is 0.238. The van der Waals surface area contributed by atoms with Gasteiger partial charge >= 0.3 is 6.03 Å². The van der Waals surface area contributed by atoms with Crippen molar-refractivity contribution < 1.29 is 4.79 Å². The first-order valence-corrected chi connectivity index (χ1v) is 9.96. The van der Waals surface area contributed by atoms with Crippen molar-refractivity contribution in [3.05, 3.63) is 48.7 Å². The molecule has 0 saturated carbocycles. The minimum absolute atomic E-state index is 0.119. The molecule has 0 atom stereocenters. The molecular weight excluding hydrogens is 370 g/mol. The van der Waals surface area contributed by atoms with Gasteiger partial charge in [-0.25, -0.2) is 4.79 Å². The van der Waals surface area contributed by atoms with Crippen LogP contribution in [0.3, 0.4) is 0 Å². The molecule has 0 aliphatic heterocycles. The highest BCUT2D eigenvalue weighted by Crippen LogP contribution is 2.38. The fourth-order valence-electron chi connectivity index (χ4n) is 3.11. The van der Waals surface area contributed by atoms with Crippen LogP contribution in [0.5, 0.6) is 0 Å². The average Bonchev–Trinajstić information content (AvgIpc) is 3.31. The number of hydrogen-bond acceptors (Lipinski definition) is 4. The van der Waals surface area contributed by atoms with Crippen molar-refractivity contribution in [1.29, 1.82) is 0 Å². The molecule has 7 heteroatoms. The van der Waals surface area contributed by atoms with Gasteiger partial charge in [0.05, 0.1) is 11.7 Å². The minimum atomic E-state index is -0.119. The summed E-state index contributed by atoms with van der Waals surface area (Å²) >= 11 is 1.74. The van der Waals surface area contributed by atoms with Gasteiger partial charge in [0, 0.05) is 46.4 Å². The van der Waals surface area contributed by atoms with E-state index in [4.69, 9.17) is 0 Å². The molecule has 0 spiro atoms. The Bertz CT molecular complexity index is 1100. The molecule has 0 bridgehead atoms. The summed E-state index contributed by atoms with van der Waals surface area (Å²) in [6.45, 7) is 1.48. The first kappa shape index (κ1) is 18.5. The number of benzene rings is 2. The van der Waals surface area contributed by atoms with Crippen LogP contribution < -0.4 is 5.32 Å². The minimum Gasteiger partial charge on any atom is -0.326 e. The standard InChI is InChI=1S/C21H23N5OS/c1-25(2)8-9-26(3)21(27)23-16-10-15-13-22-24-20(15)17(12-16)19-11-14-6-4-5-7-18(14)28-19/h4-7,10-13H,8-9H2,1-3H3,(H,22,24)(H,23,27). The molecule has 2 aromatic heterocycles. The van der Waals surface area contributed by atoms with Crippen molar-refractivity contribution in [3.8, 4) is 10.4 Å². The van der Waals surface area contributed by atoms with Crippen molar-refractivity contribution in [1.82, 2.24) is 20.0 Å². The Morgan fingerprint density at radius 2 is 1.93 bits per heavy atom. The highest BCUT2D eigenvalue weighted by molar-refractivity contribution is 7.22. The maximum atomic E-state index is 12.6. The molecule has 0 saturated heterocycles. The predicted molar refractivity (Wildman–Crippen MR) is 117 cm³/mol. The maximum absolute atomic E-state index is 12.6. The number of rotatable bonds is 5. The number of urea groups is 1. The van der Waals surface area contributed by atoms with E-state index in [9.17, 15) is 4.79 Å². The molecule has 0 aliphatic carbocycles. The zero-order chi connectivity index (χ0) is 19.7. The second-order valence-corrected chi connectivity index (χ2v) is 8.25. The fourth-order valence-corrected chi connectivity index (χ4v) is 4.19. The van der Waals surface area contributed by atoms with Gasteiger partial charge in [0.2, 0.25) is 0 Å². The summed E-state index contributed by atoms with van der Waals surface area (Å²) in [6.07, 6.45) is 1.79. The summed E-state index contributed by atoms with van der Waals surface area (Å²) in [5, 5.41) is 12.5. The van der Waals surface area contributed by atoms with E-state index in [0.717, 1.165) is 33.6 Å². The molecule has 0 unspecified atom stereocenters. The van der Waals surface area contributed by atoms with Crippen LogP contribution in [0.1, 0.15) is 0 Å². The van der Waals surface area contributed by atoms with Crippen molar-refractivity contribution in [2.24, 2.45) is 0 Å². The lowest BCUT2D eigenvalue weighted by atomic mass is 10.1. The molecule has 2 amide bonds. The van der Waals surface area contributed by atoms with Crippen molar-refractivity contribution in [3.63, 3.8) is 0 Å². The quantitative estimate of drug-likeness (QED) is 0.526. The van der Waals surface area contributed by atoms with Gasteiger partial charge in [0.1, 0.15) is 0 Å². The maximum Gasteiger partial charge on any atom is 0.321 e. The van der Waals surface area contributed by atoms with Crippen LogP contribution >= 0.6 is 11.3 Å². The number of aromatic nitrogens is 2. The monoisotopic (exact) mass is 393 g/mol. The van der Waals surface area contributed by atoms with Crippen LogP contribution in [0.2, 0.25) is 0 Å². The second kappa shape index (κ2) is 7.61.